The lowest BCUT2D eigenvalue weighted by Crippen LogP contribution is -2.59. The van der Waals surface area contributed by atoms with E-state index in [2.05, 4.69) is 15.1 Å². The van der Waals surface area contributed by atoms with Gasteiger partial charge in [-0.05, 0) is 44.2 Å². The van der Waals surface area contributed by atoms with Gasteiger partial charge in [-0.2, -0.15) is 0 Å². The van der Waals surface area contributed by atoms with Gasteiger partial charge in [0.25, 0.3) is 0 Å². The van der Waals surface area contributed by atoms with Crippen LogP contribution in [0.2, 0.25) is 0 Å². The summed E-state index contributed by atoms with van der Waals surface area (Å²) < 4.78 is 0. The maximum absolute atomic E-state index is 12.3. The molecule has 0 unspecified atom stereocenters. The van der Waals surface area contributed by atoms with Gasteiger partial charge in [-0.1, -0.05) is 30.3 Å². The molecular formula is C20H29N3O. The average molecular weight is 327 g/mol. The van der Waals surface area contributed by atoms with Gasteiger partial charge >= 0.3 is 0 Å². The summed E-state index contributed by atoms with van der Waals surface area (Å²) in [6, 6.07) is 10.5. The van der Waals surface area contributed by atoms with Crippen molar-refractivity contribution in [2.24, 2.45) is 5.41 Å². The molecule has 1 spiro atoms. The standard InChI is InChI=1S/C20H29N3O/c24-19(17-4-2-1-3-5-17)16-22-10-12-23(13-11-22)18-14-20(15-18)6-8-21-9-7-20/h1-5,18,21H,6-16H2. The molecule has 2 saturated heterocycles. The summed E-state index contributed by atoms with van der Waals surface area (Å²) in [5, 5.41) is 3.49. The number of rotatable bonds is 4. The second kappa shape index (κ2) is 6.95. The van der Waals surface area contributed by atoms with Crippen molar-refractivity contribution in [1.82, 2.24) is 15.1 Å². The fourth-order valence-electron chi connectivity index (χ4n) is 4.77. The largest absolute Gasteiger partial charge is 0.317 e. The molecule has 0 atom stereocenters. The number of piperazine rings is 1. The molecule has 24 heavy (non-hydrogen) atoms. The van der Waals surface area contributed by atoms with E-state index < -0.39 is 0 Å². The summed E-state index contributed by atoms with van der Waals surface area (Å²) in [5.74, 6) is 0.251. The summed E-state index contributed by atoms with van der Waals surface area (Å²) in [7, 11) is 0. The van der Waals surface area contributed by atoms with Crippen LogP contribution in [0.5, 0.6) is 0 Å². The Morgan fingerprint density at radius 2 is 1.71 bits per heavy atom. The second-order valence-corrected chi connectivity index (χ2v) is 7.91. The van der Waals surface area contributed by atoms with Crippen molar-refractivity contribution in [3.8, 4) is 0 Å². The number of benzene rings is 1. The molecule has 0 bridgehead atoms. The third-order valence-corrected chi connectivity index (χ3v) is 6.39. The van der Waals surface area contributed by atoms with Gasteiger partial charge in [-0.25, -0.2) is 0 Å². The first-order valence-electron chi connectivity index (χ1n) is 9.50. The summed E-state index contributed by atoms with van der Waals surface area (Å²) in [6.45, 7) is 7.30. The minimum absolute atomic E-state index is 0.251. The van der Waals surface area contributed by atoms with Gasteiger partial charge in [0.15, 0.2) is 5.78 Å². The molecule has 3 fully saturated rings. The highest BCUT2D eigenvalue weighted by atomic mass is 16.1. The van der Waals surface area contributed by atoms with Crippen LogP contribution in [0, 0.1) is 5.41 Å². The number of carbonyl (C=O) groups excluding carboxylic acids is 1. The van der Waals surface area contributed by atoms with Crippen LogP contribution in [-0.2, 0) is 0 Å². The molecule has 3 aliphatic rings. The molecule has 1 aromatic rings. The molecule has 2 aliphatic heterocycles. The molecule has 0 radical (unpaired) electrons. The second-order valence-electron chi connectivity index (χ2n) is 7.91. The van der Waals surface area contributed by atoms with E-state index in [1.54, 1.807) is 0 Å². The smallest absolute Gasteiger partial charge is 0.176 e. The van der Waals surface area contributed by atoms with Gasteiger partial charge in [0.2, 0.25) is 0 Å². The molecule has 1 aliphatic carbocycles. The highest BCUT2D eigenvalue weighted by Crippen LogP contribution is 2.49. The fourth-order valence-corrected chi connectivity index (χ4v) is 4.77. The zero-order chi connectivity index (χ0) is 16.4. The van der Waals surface area contributed by atoms with Crippen molar-refractivity contribution < 1.29 is 4.79 Å². The third-order valence-electron chi connectivity index (χ3n) is 6.39. The predicted octanol–water partition coefficient (Wildman–Crippen LogP) is 2.02. The molecule has 4 nitrogen and oxygen atoms in total. The zero-order valence-electron chi connectivity index (χ0n) is 14.5. The van der Waals surface area contributed by atoms with E-state index in [4.69, 9.17) is 0 Å². The topological polar surface area (TPSA) is 35.6 Å². The number of carbonyl (C=O) groups is 1. The Balaban J connectivity index is 1.22. The number of Topliss-reactive ketones (excluding diaryl/α,β-unsaturated/α-hetero) is 1. The average Bonchev–Trinajstić information content (AvgIpc) is 2.62. The molecule has 1 aromatic carbocycles. The summed E-state index contributed by atoms with van der Waals surface area (Å²) in [6.07, 6.45) is 5.54. The molecule has 130 valence electrons. The van der Waals surface area contributed by atoms with Crippen molar-refractivity contribution in [1.29, 1.82) is 0 Å². The van der Waals surface area contributed by atoms with Gasteiger partial charge in [-0.3, -0.25) is 14.6 Å². The van der Waals surface area contributed by atoms with Gasteiger partial charge < -0.3 is 5.32 Å². The normalized spacial score (nSPS) is 25.5. The molecule has 1 N–H and O–H groups in total. The van der Waals surface area contributed by atoms with Crippen molar-refractivity contribution >= 4 is 5.78 Å². The Bertz CT molecular complexity index is 552. The van der Waals surface area contributed by atoms with E-state index in [1.807, 2.05) is 30.3 Å². The van der Waals surface area contributed by atoms with Gasteiger partial charge in [0.1, 0.15) is 0 Å². The van der Waals surface area contributed by atoms with Crippen molar-refractivity contribution in [2.75, 3.05) is 45.8 Å². The highest BCUT2D eigenvalue weighted by Gasteiger charge is 2.46. The van der Waals surface area contributed by atoms with Gasteiger partial charge in [-0.15, -0.1) is 0 Å². The lowest BCUT2D eigenvalue weighted by Gasteiger charge is -2.55. The number of hydrogen-bond donors (Lipinski definition) is 1. The monoisotopic (exact) mass is 327 g/mol. The number of piperidine rings is 1. The lowest BCUT2D eigenvalue weighted by atomic mass is 9.60. The van der Waals surface area contributed by atoms with Crippen LogP contribution in [0.25, 0.3) is 0 Å². The quantitative estimate of drug-likeness (QED) is 0.858. The first-order chi connectivity index (χ1) is 11.7. The number of nitrogens with one attached hydrogen (secondary N) is 1. The Morgan fingerprint density at radius 1 is 1.04 bits per heavy atom. The minimum atomic E-state index is 0.251. The highest BCUT2D eigenvalue weighted by molar-refractivity contribution is 5.97. The molecule has 0 amide bonds. The first-order valence-corrected chi connectivity index (χ1v) is 9.50. The van der Waals surface area contributed by atoms with E-state index in [0.29, 0.717) is 12.0 Å². The van der Waals surface area contributed by atoms with Crippen molar-refractivity contribution in [2.45, 2.75) is 31.7 Å². The lowest BCUT2D eigenvalue weighted by molar-refractivity contribution is -0.0369. The van der Waals surface area contributed by atoms with E-state index >= 15 is 0 Å². The summed E-state index contributed by atoms with van der Waals surface area (Å²) >= 11 is 0. The number of hydrogen-bond acceptors (Lipinski definition) is 4. The van der Waals surface area contributed by atoms with Crippen LogP contribution in [0.4, 0.5) is 0 Å². The van der Waals surface area contributed by atoms with Crippen LogP contribution < -0.4 is 5.32 Å². The fraction of sp³-hybridized carbons (Fsp3) is 0.650. The summed E-state index contributed by atoms with van der Waals surface area (Å²) in [5.41, 5.74) is 1.50. The first kappa shape index (κ1) is 16.2. The summed E-state index contributed by atoms with van der Waals surface area (Å²) in [4.78, 5) is 17.3. The van der Waals surface area contributed by atoms with Crippen LogP contribution in [0.3, 0.4) is 0 Å². The van der Waals surface area contributed by atoms with Crippen LogP contribution >= 0.6 is 0 Å². The Kier molecular flexibility index (Phi) is 4.70. The van der Waals surface area contributed by atoms with Gasteiger partial charge in [0.05, 0.1) is 6.54 Å². The Morgan fingerprint density at radius 3 is 2.38 bits per heavy atom. The van der Waals surface area contributed by atoms with Crippen LogP contribution in [0.1, 0.15) is 36.0 Å². The van der Waals surface area contributed by atoms with Crippen molar-refractivity contribution in [3.05, 3.63) is 35.9 Å². The Labute approximate surface area is 145 Å². The van der Waals surface area contributed by atoms with Crippen molar-refractivity contribution in [3.63, 3.8) is 0 Å². The van der Waals surface area contributed by atoms with E-state index in [1.165, 1.54) is 38.8 Å². The third kappa shape index (κ3) is 3.41. The van der Waals surface area contributed by atoms with Crippen LogP contribution in [-0.4, -0.2) is 67.4 Å². The SMILES string of the molecule is O=C(CN1CCN(C2CC3(CCNCC3)C2)CC1)c1ccccc1. The van der Waals surface area contributed by atoms with E-state index in [9.17, 15) is 4.79 Å². The van der Waals surface area contributed by atoms with E-state index in [0.717, 1.165) is 37.8 Å². The molecular weight excluding hydrogens is 298 g/mol. The van der Waals surface area contributed by atoms with E-state index in [-0.39, 0.29) is 5.78 Å². The minimum Gasteiger partial charge on any atom is -0.317 e. The molecule has 2 heterocycles. The molecule has 4 rings (SSSR count). The number of ketones is 1. The van der Waals surface area contributed by atoms with Gasteiger partial charge in [0, 0.05) is 37.8 Å². The maximum atomic E-state index is 12.3. The molecule has 4 heteroatoms. The molecule has 1 saturated carbocycles. The Hall–Kier alpha value is -1.23. The predicted molar refractivity (Wildman–Crippen MR) is 96.3 cm³/mol. The zero-order valence-corrected chi connectivity index (χ0v) is 14.5. The maximum Gasteiger partial charge on any atom is 0.176 e. The number of nitrogens with zero attached hydrogens (tertiary/aromatic N) is 2. The molecule has 0 aromatic heterocycles. The van der Waals surface area contributed by atoms with Crippen LogP contribution in [0.15, 0.2) is 30.3 Å².